The lowest BCUT2D eigenvalue weighted by molar-refractivity contribution is 0.111. The van der Waals surface area contributed by atoms with Crippen LogP contribution in [0.2, 0.25) is 0 Å². The monoisotopic (exact) mass is 137 g/mol. The minimum Gasteiger partial charge on any atom is -0.461 e. The Kier molecular flexibility index (Phi) is 1.47. The van der Waals surface area contributed by atoms with Gasteiger partial charge in [-0.15, -0.1) is 0 Å². The predicted octanol–water partition coefficient (Wildman–Crippen LogP) is 1.93. The molecular weight excluding hydrogens is 128 g/mol. The molecule has 2 heterocycles. The van der Waals surface area contributed by atoms with E-state index >= 15 is 0 Å². The molecule has 0 aliphatic carbocycles. The van der Waals surface area contributed by atoms with E-state index in [-0.39, 0.29) is 6.10 Å². The lowest BCUT2D eigenvalue weighted by Gasteiger charge is -2.02. The maximum atomic E-state index is 5.41. The minimum atomic E-state index is 0.249. The Morgan fingerprint density at radius 1 is 1.60 bits per heavy atom. The molecule has 1 fully saturated rings. The van der Waals surface area contributed by atoms with E-state index in [0.29, 0.717) is 0 Å². The third kappa shape index (κ3) is 0.948. The zero-order valence-corrected chi connectivity index (χ0v) is 5.67. The van der Waals surface area contributed by atoms with Crippen molar-refractivity contribution in [2.24, 2.45) is 0 Å². The molecule has 2 rings (SSSR count). The number of furan rings is 1. The zero-order chi connectivity index (χ0) is 6.81. The molecular formula is C8H9O2. The van der Waals surface area contributed by atoms with E-state index < -0.39 is 0 Å². The molecule has 0 bridgehead atoms. The Morgan fingerprint density at radius 2 is 2.60 bits per heavy atom. The Morgan fingerprint density at radius 3 is 3.20 bits per heavy atom. The molecule has 1 atom stereocenters. The van der Waals surface area contributed by atoms with E-state index in [1.54, 1.807) is 6.26 Å². The molecule has 1 saturated heterocycles. The van der Waals surface area contributed by atoms with Crippen molar-refractivity contribution in [3.63, 3.8) is 0 Å². The molecule has 53 valence electrons. The number of hydrogen-bond donors (Lipinski definition) is 0. The van der Waals surface area contributed by atoms with Gasteiger partial charge < -0.3 is 9.15 Å². The van der Waals surface area contributed by atoms with Crippen LogP contribution in [0.25, 0.3) is 0 Å². The fourth-order valence-electron chi connectivity index (χ4n) is 1.24. The van der Waals surface area contributed by atoms with Crippen molar-refractivity contribution in [3.8, 4) is 0 Å². The van der Waals surface area contributed by atoms with Crippen LogP contribution >= 0.6 is 0 Å². The van der Waals surface area contributed by atoms with Gasteiger partial charge in [0.2, 0.25) is 0 Å². The van der Waals surface area contributed by atoms with E-state index in [0.717, 1.165) is 25.0 Å². The lowest BCUT2D eigenvalue weighted by Crippen LogP contribution is -1.92. The van der Waals surface area contributed by atoms with E-state index in [2.05, 4.69) is 6.26 Å². The highest BCUT2D eigenvalue weighted by Crippen LogP contribution is 2.27. The van der Waals surface area contributed by atoms with Gasteiger partial charge in [0.15, 0.2) is 6.26 Å². The number of rotatable bonds is 1. The second-order valence-electron chi connectivity index (χ2n) is 2.48. The molecule has 1 aromatic heterocycles. The molecule has 0 spiro atoms. The second-order valence-corrected chi connectivity index (χ2v) is 2.48. The average Bonchev–Trinajstić information content (AvgIpc) is 2.59. The van der Waals surface area contributed by atoms with Crippen molar-refractivity contribution in [2.75, 3.05) is 6.61 Å². The molecule has 0 N–H and O–H groups in total. The molecule has 10 heavy (non-hydrogen) atoms. The van der Waals surface area contributed by atoms with E-state index in [4.69, 9.17) is 9.15 Å². The molecule has 1 aromatic rings. The van der Waals surface area contributed by atoms with Crippen LogP contribution in [0.3, 0.4) is 0 Å². The summed E-state index contributed by atoms with van der Waals surface area (Å²) in [5, 5.41) is 0. The molecule has 0 saturated carbocycles. The van der Waals surface area contributed by atoms with Crippen LogP contribution in [0.4, 0.5) is 0 Å². The third-order valence-electron chi connectivity index (χ3n) is 1.77. The SMILES string of the molecule is [c]1occc1C1CCCO1. The summed E-state index contributed by atoms with van der Waals surface area (Å²) < 4.78 is 10.2. The molecule has 1 aliphatic heterocycles. The standard InChI is InChI=1S/C8H9O2/c1-2-8(10-4-1)7-3-5-9-6-7/h3,5,8H,1-2,4H2. The highest BCUT2D eigenvalue weighted by molar-refractivity contribution is 5.08. The lowest BCUT2D eigenvalue weighted by atomic mass is 10.1. The van der Waals surface area contributed by atoms with Gasteiger partial charge in [0.25, 0.3) is 0 Å². The summed E-state index contributed by atoms with van der Waals surface area (Å²) in [4.78, 5) is 0. The molecule has 2 nitrogen and oxygen atoms in total. The highest BCUT2D eigenvalue weighted by Gasteiger charge is 2.18. The summed E-state index contributed by atoms with van der Waals surface area (Å²) in [7, 11) is 0. The summed E-state index contributed by atoms with van der Waals surface area (Å²) in [5.41, 5.74) is 1.05. The average molecular weight is 137 g/mol. The van der Waals surface area contributed by atoms with Gasteiger partial charge in [-0.1, -0.05) is 0 Å². The first-order valence-corrected chi connectivity index (χ1v) is 3.53. The van der Waals surface area contributed by atoms with Gasteiger partial charge >= 0.3 is 0 Å². The summed E-state index contributed by atoms with van der Waals surface area (Å²) in [6.07, 6.45) is 6.93. The van der Waals surface area contributed by atoms with Gasteiger partial charge in [-0.3, -0.25) is 0 Å². The van der Waals surface area contributed by atoms with Gasteiger partial charge in [-0.05, 0) is 18.9 Å². The van der Waals surface area contributed by atoms with Crippen LogP contribution in [0.15, 0.2) is 16.7 Å². The Balaban J connectivity index is 2.12. The second kappa shape index (κ2) is 2.46. The Bertz CT molecular complexity index is 185. The zero-order valence-electron chi connectivity index (χ0n) is 5.67. The number of ether oxygens (including phenoxy) is 1. The van der Waals surface area contributed by atoms with Crippen LogP contribution in [-0.2, 0) is 4.74 Å². The molecule has 1 unspecified atom stereocenters. The summed E-state index contributed by atoms with van der Waals surface area (Å²) in [5.74, 6) is 0. The van der Waals surface area contributed by atoms with E-state index in [1.165, 1.54) is 0 Å². The molecule has 2 heteroatoms. The van der Waals surface area contributed by atoms with Gasteiger partial charge in [0, 0.05) is 12.2 Å². The van der Waals surface area contributed by atoms with Crippen molar-refractivity contribution in [3.05, 3.63) is 24.2 Å². The van der Waals surface area contributed by atoms with Crippen molar-refractivity contribution in [1.29, 1.82) is 0 Å². The van der Waals surface area contributed by atoms with E-state index in [1.807, 2.05) is 6.07 Å². The van der Waals surface area contributed by atoms with E-state index in [9.17, 15) is 0 Å². The first-order valence-electron chi connectivity index (χ1n) is 3.53. The van der Waals surface area contributed by atoms with Gasteiger partial charge in [-0.25, -0.2) is 0 Å². The largest absolute Gasteiger partial charge is 0.461 e. The molecule has 0 aromatic carbocycles. The first-order chi connectivity index (χ1) is 4.97. The van der Waals surface area contributed by atoms with Gasteiger partial charge in [-0.2, -0.15) is 0 Å². The van der Waals surface area contributed by atoms with Gasteiger partial charge in [0.05, 0.1) is 12.4 Å². The van der Waals surface area contributed by atoms with Crippen LogP contribution in [0.1, 0.15) is 24.5 Å². The fraction of sp³-hybridized carbons (Fsp3) is 0.500. The quantitative estimate of drug-likeness (QED) is 0.590. The minimum absolute atomic E-state index is 0.249. The van der Waals surface area contributed by atoms with Crippen molar-refractivity contribution >= 4 is 0 Å². The molecule has 1 radical (unpaired) electrons. The summed E-state index contributed by atoms with van der Waals surface area (Å²) >= 11 is 0. The topological polar surface area (TPSA) is 22.4 Å². The predicted molar refractivity (Wildman–Crippen MR) is 35.5 cm³/mol. The number of hydrogen-bond acceptors (Lipinski definition) is 2. The third-order valence-corrected chi connectivity index (χ3v) is 1.77. The maximum absolute atomic E-state index is 5.41. The molecule has 1 aliphatic rings. The normalized spacial score (nSPS) is 25.4. The Labute approximate surface area is 59.8 Å². The highest BCUT2D eigenvalue weighted by atomic mass is 16.5. The van der Waals surface area contributed by atoms with Crippen LogP contribution < -0.4 is 0 Å². The van der Waals surface area contributed by atoms with Crippen molar-refractivity contribution < 1.29 is 9.15 Å². The van der Waals surface area contributed by atoms with Crippen LogP contribution in [0, 0.1) is 6.26 Å². The van der Waals surface area contributed by atoms with Crippen molar-refractivity contribution in [2.45, 2.75) is 18.9 Å². The smallest absolute Gasteiger partial charge is 0.175 e. The van der Waals surface area contributed by atoms with Crippen molar-refractivity contribution in [1.82, 2.24) is 0 Å². The fourth-order valence-corrected chi connectivity index (χ4v) is 1.24. The Hall–Kier alpha value is -0.760. The maximum Gasteiger partial charge on any atom is 0.175 e. The summed E-state index contributed by atoms with van der Waals surface area (Å²) in [6, 6.07) is 1.91. The molecule has 0 amide bonds. The van der Waals surface area contributed by atoms with Crippen LogP contribution in [0.5, 0.6) is 0 Å². The van der Waals surface area contributed by atoms with Gasteiger partial charge in [0.1, 0.15) is 0 Å². The summed E-state index contributed by atoms with van der Waals surface area (Å²) in [6.45, 7) is 0.879. The first kappa shape index (κ1) is 5.98. The van der Waals surface area contributed by atoms with Crippen LogP contribution in [-0.4, -0.2) is 6.61 Å².